The summed E-state index contributed by atoms with van der Waals surface area (Å²) in [5.74, 6) is 2.10. The second-order valence-corrected chi connectivity index (χ2v) is 6.10. The highest BCUT2D eigenvalue weighted by Crippen LogP contribution is 2.18. The summed E-state index contributed by atoms with van der Waals surface area (Å²) in [6, 6.07) is 10.7. The van der Waals surface area contributed by atoms with Crippen molar-refractivity contribution >= 4 is 28.4 Å². The van der Waals surface area contributed by atoms with Crippen molar-refractivity contribution in [3.63, 3.8) is 0 Å². The van der Waals surface area contributed by atoms with Gasteiger partial charge in [0.1, 0.15) is 11.6 Å². The van der Waals surface area contributed by atoms with E-state index < -0.39 is 0 Å². The van der Waals surface area contributed by atoms with Crippen LogP contribution in [-0.2, 0) is 6.54 Å². The minimum absolute atomic E-state index is 0.567. The zero-order chi connectivity index (χ0) is 13.8. The van der Waals surface area contributed by atoms with Crippen LogP contribution >= 0.6 is 22.6 Å². The lowest BCUT2D eigenvalue weighted by atomic mass is 10.0. The normalized spacial score (nSPS) is 16.6. The van der Waals surface area contributed by atoms with Crippen LogP contribution in [0.15, 0.2) is 40.9 Å². The van der Waals surface area contributed by atoms with Gasteiger partial charge in [-0.05, 0) is 59.7 Å². The van der Waals surface area contributed by atoms with E-state index in [2.05, 4.69) is 43.9 Å². The monoisotopic (exact) mass is 383 g/mol. The highest BCUT2D eigenvalue weighted by Gasteiger charge is 2.19. The van der Waals surface area contributed by atoms with Gasteiger partial charge in [-0.3, -0.25) is 0 Å². The maximum absolute atomic E-state index is 5.57. The van der Waals surface area contributed by atoms with E-state index in [0.29, 0.717) is 6.04 Å². The number of piperidine rings is 1. The van der Waals surface area contributed by atoms with E-state index in [9.17, 15) is 0 Å². The smallest absolute Gasteiger partial charge is 0.164 e. The van der Waals surface area contributed by atoms with Crippen molar-refractivity contribution in [2.45, 2.75) is 25.4 Å². The molecule has 0 aromatic carbocycles. The average Bonchev–Trinajstić information content (AvgIpc) is 2.92. The van der Waals surface area contributed by atoms with Gasteiger partial charge in [-0.25, -0.2) is 4.98 Å². The van der Waals surface area contributed by atoms with Crippen LogP contribution in [0, 0.1) is 3.77 Å². The zero-order valence-electron chi connectivity index (χ0n) is 11.3. The predicted octanol–water partition coefficient (Wildman–Crippen LogP) is 3.04. The Hall–Kier alpha value is -1.08. The maximum atomic E-state index is 5.57. The topological polar surface area (TPSA) is 41.3 Å². The van der Waals surface area contributed by atoms with Crippen molar-refractivity contribution in [3.05, 3.63) is 46.1 Å². The van der Waals surface area contributed by atoms with Gasteiger partial charge in [-0.15, -0.1) is 0 Å². The van der Waals surface area contributed by atoms with E-state index in [1.807, 2.05) is 30.5 Å². The van der Waals surface area contributed by atoms with Gasteiger partial charge in [0, 0.05) is 25.3 Å². The molecular formula is C15H18IN3O. The molecule has 0 radical (unpaired) electrons. The van der Waals surface area contributed by atoms with Crippen molar-refractivity contribution in [1.29, 1.82) is 0 Å². The first-order valence-corrected chi connectivity index (χ1v) is 8.03. The predicted molar refractivity (Wildman–Crippen MR) is 87.7 cm³/mol. The summed E-state index contributed by atoms with van der Waals surface area (Å²) in [7, 11) is 0. The van der Waals surface area contributed by atoms with Crippen molar-refractivity contribution in [1.82, 2.24) is 10.3 Å². The fraction of sp³-hybridized carbons (Fsp3) is 0.400. The Kier molecular flexibility index (Phi) is 4.57. The lowest BCUT2D eigenvalue weighted by Crippen LogP contribution is -2.42. The molecule has 0 aliphatic carbocycles. The number of hydrogen-bond acceptors (Lipinski definition) is 4. The van der Waals surface area contributed by atoms with Gasteiger partial charge in [0.15, 0.2) is 3.77 Å². The Labute approximate surface area is 132 Å². The molecule has 5 heteroatoms. The molecule has 1 aliphatic rings. The van der Waals surface area contributed by atoms with Crippen LogP contribution in [0.4, 0.5) is 5.82 Å². The number of aromatic nitrogens is 1. The second kappa shape index (κ2) is 6.58. The number of pyridine rings is 1. The van der Waals surface area contributed by atoms with E-state index in [0.717, 1.165) is 47.8 Å². The third kappa shape index (κ3) is 3.52. The molecule has 3 heterocycles. The molecule has 0 amide bonds. The third-order valence-corrected chi connectivity index (χ3v) is 4.24. The molecule has 1 aliphatic heterocycles. The van der Waals surface area contributed by atoms with Gasteiger partial charge in [0.2, 0.25) is 0 Å². The van der Waals surface area contributed by atoms with Crippen LogP contribution in [0.2, 0.25) is 0 Å². The van der Waals surface area contributed by atoms with Gasteiger partial charge in [-0.2, -0.15) is 0 Å². The highest BCUT2D eigenvalue weighted by molar-refractivity contribution is 14.1. The zero-order valence-corrected chi connectivity index (χ0v) is 13.4. The molecule has 1 saturated heterocycles. The molecule has 20 heavy (non-hydrogen) atoms. The Morgan fingerprint density at radius 2 is 2.10 bits per heavy atom. The Bertz CT molecular complexity index is 535. The van der Waals surface area contributed by atoms with Crippen molar-refractivity contribution in [3.8, 4) is 0 Å². The van der Waals surface area contributed by atoms with Crippen LogP contribution in [0.5, 0.6) is 0 Å². The lowest BCUT2D eigenvalue weighted by Gasteiger charge is -2.33. The van der Waals surface area contributed by atoms with Gasteiger partial charge in [0.05, 0.1) is 6.54 Å². The minimum Gasteiger partial charge on any atom is -0.454 e. The summed E-state index contributed by atoms with van der Waals surface area (Å²) in [6.07, 6.45) is 4.15. The Morgan fingerprint density at radius 3 is 2.75 bits per heavy atom. The molecule has 1 fully saturated rings. The standard InChI is InChI=1S/C15H18IN3O/c16-14-5-4-13(20-14)11-18-12-6-9-19(10-7-12)15-3-1-2-8-17-15/h1-5,8,12,18H,6-7,9-11H2. The molecule has 0 atom stereocenters. The number of nitrogens with zero attached hydrogens (tertiary/aromatic N) is 2. The SMILES string of the molecule is Ic1ccc(CNC2CCN(c3ccccn3)CC2)o1. The molecular weight excluding hydrogens is 365 g/mol. The van der Waals surface area contributed by atoms with Gasteiger partial charge in [0.25, 0.3) is 0 Å². The first kappa shape index (κ1) is 13.9. The number of anilines is 1. The fourth-order valence-electron chi connectivity index (χ4n) is 2.55. The van der Waals surface area contributed by atoms with Crippen LogP contribution in [0.1, 0.15) is 18.6 Å². The number of rotatable bonds is 4. The summed E-state index contributed by atoms with van der Waals surface area (Å²) < 4.78 is 6.52. The van der Waals surface area contributed by atoms with Gasteiger partial charge < -0.3 is 14.6 Å². The molecule has 0 bridgehead atoms. The molecule has 1 N–H and O–H groups in total. The summed E-state index contributed by atoms with van der Waals surface area (Å²) in [6.45, 7) is 2.94. The highest BCUT2D eigenvalue weighted by atomic mass is 127. The molecule has 3 rings (SSSR count). The first-order valence-electron chi connectivity index (χ1n) is 6.95. The van der Waals surface area contributed by atoms with E-state index in [1.165, 1.54) is 0 Å². The van der Waals surface area contributed by atoms with Crippen LogP contribution in [0.3, 0.4) is 0 Å². The van der Waals surface area contributed by atoms with Gasteiger partial charge in [-0.1, -0.05) is 6.07 Å². The molecule has 0 spiro atoms. The maximum Gasteiger partial charge on any atom is 0.164 e. The number of halogens is 1. The van der Waals surface area contributed by atoms with Crippen LogP contribution in [0.25, 0.3) is 0 Å². The molecule has 4 nitrogen and oxygen atoms in total. The summed E-state index contributed by atoms with van der Waals surface area (Å²) in [5, 5.41) is 3.58. The molecule has 0 saturated carbocycles. The second-order valence-electron chi connectivity index (χ2n) is 5.04. The van der Waals surface area contributed by atoms with Crippen molar-refractivity contribution in [2.75, 3.05) is 18.0 Å². The van der Waals surface area contributed by atoms with Crippen molar-refractivity contribution in [2.24, 2.45) is 0 Å². The molecule has 2 aromatic heterocycles. The Morgan fingerprint density at radius 1 is 1.25 bits per heavy atom. The number of furan rings is 1. The quantitative estimate of drug-likeness (QED) is 0.825. The van der Waals surface area contributed by atoms with Crippen molar-refractivity contribution < 1.29 is 4.42 Å². The summed E-state index contributed by atoms with van der Waals surface area (Å²) in [5.41, 5.74) is 0. The summed E-state index contributed by atoms with van der Waals surface area (Å²) in [4.78, 5) is 6.77. The van der Waals surface area contributed by atoms with Crippen LogP contribution < -0.4 is 10.2 Å². The average molecular weight is 383 g/mol. The third-order valence-electron chi connectivity index (χ3n) is 3.66. The molecule has 2 aromatic rings. The minimum atomic E-state index is 0.567. The number of nitrogens with one attached hydrogen (secondary N) is 1. The lowest BCUT2D eigenvalue weighted by molar-refractivity contribution is 0.383. The fourth-order valence-corrected chi connectivity index (χ4v) is 3.01. The van der Waals surface area contributed by atoms with Gasteiger partial charge >= 0.3 is 0 Å². The molecule has 0 unspecified atom stereocenters. The van der Waals surface area contributed by atoms with E-state index >= 15 is 0 Å². The number of hydrogen-bond donors (Lipinski definition) is 1. The summed E-state index contributed by atoms with van der Waals surface area (Å²) >= 11 is 2.20. The van der Waals surface area contributed by atoms with E-state index in [1.54, 1.807) is 0 Å². The largest absolute Gasteiger partial charge is 0.454 e. The van der Waals surface area contributed by atoms with Crippen LogP contribution in [-0.4, -0.2) is 24.1 Å². The van der Waals surface area contributed by atoms with E-state index in [4.69, 9.17) is 4.42 Å². The van der Waals surface area contributed by atoms with E-state index in [-0.39, 0.29) is 0 Å². The molecule has 106 valence electrons. The first-order chi connectivity index (χ1) is 9.81. The Balaban J connectivity index is 1.47.